The van der Waals surface area contributed by atoms with E-state index < -0.39 is 11.2 Å². The minimum atomic E-state index is -0.575. The largest absolute Gasteiger partial charge is 0.378 e. The summed E-state index contributed by atoms with van der Waals surface area (Å²) in [5.74, 6) is -0.746. The Kier molecular flexibility index (Phi) is 3.82. The zero-order valence-electron chi connectivity index (χ0n) is 9.79. The van der Waals surface area contributed by atoms with Gasteiger partial charge in [-0.1, -0.05) is 23.9 Å². The van der Waals surface area contributed by atoms with Crippen molar-refractivity contribution in [2.75, 3.05) is 5.32 Å². The summed E-state index contributed by atoms with van der Waals surface area (Å²) < 4.78 is 0. The maximum Gasteiger partial charge on any atom is 0.262 e. The van der Waals surface area contributed by atoms with Gasteiger partial charge in [0.2, 0.25) is 5.91 Å². The molecule has 0 aliphatic carbocycles. The molecule has 1 atom stereocenters. The van der Waals surface area contributed by atoms with Crippen molar-refractivity contribution in [1.29, 1.82) is 5.26 Å². The number of nitriles is 1. The van der Waals surface area contributed by atoms with Crippen molar-refractivity contribution in [3.05, 3.63) is 29.8 Å². The Morgan fingerprint density at radius 3 is 2.89 bits per heavy atom. The minimum absolute atomic E-state index is 0.0204. The molecule has 1 aromatic rings. The summed E-state index contributed by atoms with van der Waals surface area (Å²) in [6.45, 7) is 0. The molecule has 1 aromatic carbocycles. The van der Waals surface area contributed by atoms with Crippen LogP contribution in [0.5, 0.6) is 0 Å². The molecule has 1 aliphatic rings. The molecule has 19 heavy (non-hydrogen) atoms. The van der Waals surface area contributed by atoms with Crippen LogP contribution in [0.2, 0.25) is 0 Å². The van der Waals surface area contributed by atoms with Crippen molar-refractivity contribution in [3.8, 4) is 6.07 Å². The molecular weight excluding hydrogens is 264 g/mol. The summed E-state index contributed by atoms with van der Waals surface area (Å²) in [6.07, 6.45) is -0.0204. The lowest BCUT2D eigenvalue weighted by Crippen LogP contribution is -2.22. The number of anilines is 1. The van der Waals surface area contributed by atoms with E-state index in [9.17, 15) is 9.59 Å². The summed E-state index contributed by atoms with van der Waals surface area (Å²) in [7, 11) is 0. The van der Waals surface area contributed by atoms with Crippen LogP contribution in [0.1, 0.15) is 12.0 Å². The second kappa shape index (κ2) is 5.54. The maximum absolute atomic E-state index is 11.8. The number of aliphatic imine (C=N–C) groups is 1. The monoisotopic (exact) mass is 274 g/mol. The SMILES string of the molecule is N#Cc1ccccc1NC(=O)C[C@H]1SC(N)=NC1=O. The predicted molar refractivity (Wildman–Crippen MR) is 72.4 cm³/mol. The molecule has 96 valence electrons. The lowest BCUT2D eigenvalue weighted by Gasteiger charge is -2.08. The number of nitrogens with one attached hydrogen (secondary N) is 1. The van der Waals surface area contributed by atoms with Crippen molar-refractivity contribution in [1.82, 2.24) is 0 Å². The molecule has 7 heteroatoms. The summed E-state index contributed by atoms with van der Waals surface area (Å²) >= 11 is 1.07. The van der Waals surface area contributed by atoms with E-state index in [-0.39, 0.29) is 17.5 Å². The van der Waals surface area contributed by atoms with E-state index >= 15 is 0 Å². The van der Waals surface area contributed by atoms with Gasteiger partial charge in [-0.3, -0.25) is 9.59 Å². The Labute approximate surface area is 113 Å². The third-order valence-corrected chi connectivity index (χ3v) is 3.44. The maximum atomic E-state index is 11.8. The van der Waals surface area contributed by atoms with Crippen LogP contribution in [0.15, 0.2) is 29.3 Å². The van der Waals surface area contributed by atoms with Crippen molar-refractivity contribution >= 4 is 34.4 Å². The number of hydrogen-bond acceptors (Lipinski definition) is 5. The number of nitrogens with two attached hydrogens (primary N) is 1. The summed E-state index contributed by atoms with van der Waals surface area (Å²) in [5, 5.41) is 11.1. The highest BCUT2D eigenvalue weighted by Gasteiger charge is 2.29. The Morgan fingerprint density at radius 2 is 2.26 bits per heavy atom. The van der Waals surface area contributed by atoms with E-state index in [1.165, 1.54) is 0 Å². The number of carbonyl (C=O) groups excluding carboxylic acids is 2. The average molecular weight is 274 g/mol. The topological polar surface area (TPSA) is 108 Å². The number of thioether (sulfide) groups is 1. The Bertz CT molecular complexity index is 606. The molecule has 3 N–H and O–H groups in total. The molecule has 1 heterocycles. The first-order valence-corrected chi connectivity index (χ1v) is 6.32. The molecule has 2 rings (SSSR count). The number of rotatable bonds is 3. The minimum Gasteiger partial charge on any atom is -0.378 e. The van der Waals surface area contributed by atoms with Gasteiger partial charge < -0.3 is 11.1 Å². The molecule has 2 amide bonds. The quantitative estimate of drug-likeness (QED) is 0.849. The molecule has 0 unspecified atom stereocenters. The second-order valence-electron chi connectivity index (χ2n) is 3.80. The first-order valence-electron chi connectivity index (χ1n) is 5.44. The van der Waals surface area contributed by atoms with Crippen LogP contribution >= 0.6 is 11.8 Å². The van der Waals surface area contributed by atoms with Gasteiger partial charge >= 0.3 is 0 Å². The fourth-order valence-corrected chi connectivity index (χ4v) is 2.41. The Balaban J connectivity index is 1.99. The molecule has 0 saturated heterocycles. The Hall–Kier alpha value is -2.33. The van der Waals surface area contributed by atoms with E-state index in [0.29, 0.717) is 11.3 Å². The zero-order valence-corrected chi connectivity index (χ0v) is 10.6. The molecule has 0 fully saturated rings. The van der Waals surface area contributed by atoms with Gasteiger partial charge in [-0.15, -0.1) is 0 Å². The van der Waals surface area contributed by atoms with Gasteiger partial charge in [0, 0.05) is 6.42 Å². The first kappa shape index (κ1) is 13.1. The van der Waals surface area contributed by atoms with Crippen LogP contribution in [-0.4, -0.2) is 22.2 Å². The van der Waals surface area contributed by atoms with E-state index in [0.717, 1.165) is 11.8 Å². The lowest BCUT2D eigenvalue weighted by atomic mass is 10.2. The first-order chi connectivity index (χ1) is 9.10. The van der Waals surface area contributed by atoms with Gasteiger partial charge in [-0.2, -0.15) is 10.3 Å². The fourth-order valence-electron chi connectivity index (χ4n) is 1.59. The van der Waals surface area contributed by atoms with Gasteiger partial charge in [0.1, 0.15) is 11.3 Å². The van der Waals surface area contributed by atoms with Gasteiger partial charge in [-0.05, 0) is 12.1 Å². The van der Waals surface area contributed by atoms with Crippen molar-refractivity contribution in [2.24, 2.45) is 10.7 Å². The number of nitrogens with zero attached hydrogens (tertiary/aromatic N) is 2. The molecule has 1 aliphatic heterocycles. The van der Waals surface area contributed by atoms with Gasteiger partial charge in [0.15, 0.2) is 5.17 Å². The Morgan fingerprint density at radius 1 is 1.53 bits per heavy atom. The molecule has 0 saturated carbocycles. The molecule has 0 spiro atoms. The summed E-state index contributed by atoms with van der Waals surface area (Å²) in [4.78, 5) is 26.7. The van der Waals surface area contributed by atoms with E-state index in [4.69, 9.17) is 11.0 Å². The zero-order chi connectivity index (χ0) is 13.8. The highest BCUT2D eigenvalue weighted by Crippen LogP contribution is 2.23. The van der Waals surface area contributed by atoms with Gasteiger partial charge in [0.25, 0.3) is 5.91 Å². The predicted octanol–water partition coefficient (Wildman–Crippen LogP) is 0.844. The van der Waals surface area contributed by atoms with Crippen molar-refractivity contribution in [2.45, 2.75) is 11.7 Å². The van der Waals surface area contributed by atoms with Gasteiger partial charge in [0.05, 0.1) is 11.3 Å². The summed E-state index contributed by atoms with van der Waals surface area (Å²) in [6, 6.07) is 8.64. The standard InChI is InChI=1S/C12H10N4O2S/c13-6-7-3-1-2-4-8(7)15-10(17)5-9-11(18)16-12(14)19-9/h1-4,9H,5H2,(H,15,17)(H2,14,16,18)/t9-/m1/s1. The number of amidine groups is 1. The van der Waals surface area contributed by atoms with Crippen LogP contribution in [-0.2, 0) is 9.59 Å². The second-order valence-corrected chi connectivity index (χ2v) is 5.03. The number of hydrogen-bond donors (Lipinski definition) is 2. The third-order valence-electron chi connectivity index (χ3n) is 2.45. The number of carbonyl (C=O) groups is 2. The lowest BCUT2D eigenvalue weighted by molar-refractivity contribution is -0.121. The average Bonchev–Trinajstić information content (AvgIpc) is 2.68. The fraction of sp³-hybridized carbons (Fsp3) is 0.167. The van der Waals surface area contributed by atoms with Crippen LogP contribution in [0, 0.1) is 11.3 Å². The van der Waals surface area contributed by atoms with Crippen LogP contribution in [0.25, 0.3) is 0 Å². The number of benzene rings is 1. The number of amides is 2. The number of para-hydroxylation sites is 1. The normalized spacial score (nSPS) is 17.7. The van der Waals surface area contributed by atoms with Crippen LogP contribution < -0.4 is 11.1 Å². The molecule has 0 bridgehead atoms. The summed E-state index contributed by atoms with van der Waals surface area (Å²) in [5.41, 5.74) is 6.21. The molecule has 0 aromatic heterocycles. The van der Waals surface area contributed by atoms with Crippen LogP contribution in [0.3, 0.4) is 0 Å². The van der Waals surface area contributed by atoms with E-state index in [2.05, 4.69) is 10.3 Å². The molecule has 6 nitrogen and oxygen atoms in total. The van der Waals surface area contributed by atoms with Crippen molar-refractivity contribution < 1.29 is 9.59 Å². The van der Waals surface area contributed by atoms with Crippen LogP contribution in [0.4, 0.5) is 5.69 Å². The smallest absolute Gasteiger partial charge is 0.262 e. The van der Waals surface area contributed by atoms with Gasteiger partial charge in [-0.25, -0.2) is 0 Å². The van der Waals surface area contributed by atoms with Crippen molar-refractivity contribution in [3.63, 3.8) is 0 Å². The third kappa shape index (κ3) is 3.11. The van der Waals surface area contributed by atoms with E-state index in [1.807, 2.05) is 6.07 Å². The highest BCUT2D eigenvalue weighted by molar-refractivity contribution is 8.15. The van der Waals surface area contributed by atoms with E-state index in [1.54, 1.807) is 24.3 Å². The highest BCUT2D eigenvalue weighted by atomic mass is 32.2. The molecular formula is C12H10N4O2S. The molecule has 0 radical (unpaired) electrons.